The van der Waals surface area contributed by atoms with Crippen LogP contribution < -0.4 is 0 Å². The fraction of sp³-hybridized carbons (Fsp3) is 0.700. The molecule has 0 aliphatic carbocycles. The van der Waals surface area contributed by atoms with E-state index in [1.807, 2.05) is 20.8 Å². The van der Waals surface area contributed by atoms with E-state index in [0.29, 0.717) is 13.1 Å². The predicted octanol–water partition coefficient (Wildman–Crippen LogP) is 1.37. The van der Waals surface area contributed by atoms with Gasteiger partial charge in [-0.3, -0.25) is 4.79 Å². The van der Waals surface area contributed by atoms with Crippen molar-refractivity contribution < 1.29 is 9.53 Å². The molecular formula is C10H14BrNO2. The van der Waals surface area contributed by atoms with E-state index in [1.165, 1.54) is 0 Å². The third-order valence-electron chi connectivity index (χ3n) is 2.01. The second-order valence-electron chi connectivity index (χ2n) is 4.09. The number of rotatable bonds is 0. The molecule has 1 atom stereocenters. The van der Waals surface area contributed by atoms with Gasteiger partial charge in [0.2, 0.25) is 0 Å². The maximum atomic E-state index is 11.5. The molecule has 0 aromatic rings. The molecule has 1 unspecified atom stereocenters. The molecule has 0 radical (unpaired) electrons. The van der Waals surface area contributed by atoms with Crippen molar-refractivity contribution in [2.24, 2.45) is 0 Å². The van der Waals surface area contributed by atoms with Crippen LogP contribution in [0, 0.1) is 10.8 Å². The molecule has 1 aliphatic heterocycles. The topological polar surface area (TPSA) is 29.5 Å². The van der Waals surface area contributed by atoms with E-state index in [1.54, 1.807) is 4.90 Å². The Labute approximate surface area is 92.9 Å². The summed E-state index contributed by atoms with van der Waals surface area (Å²) in [5.74, 6) is 2.32. The van der Waals surface area contributed by atoms with Crippen molar-refractivity contribution >= 4 is 21.8 Å². The first-order valence-corrected chi connectivity index (χ1v) is 5.32. The van der Waals surface area contributed by atoms with Crippen LogP contribution >= 0.6 is 15.9 Å². The van der Waals surface area contributed by atoms with Crippen molar-refractivity contribution in [2.75, 3.05) is 13.1 Å². The fourth-order valence-electron chi connectivity index (χ4n) is 1.73. The maximum Gasteiger partial charge on any atom is 0.299 e. The summed E-state index contributed by atoms with van der Waals surface area (Å²) in [6.07, 6.45) is 0.0693. The highest BCUT2D eigenvalue weighted by Gasteiger charge is 2.33. The zero-order chi connectivity index (χ0) is 10.8. The predicted molar refractivity (Wildman–Crippen MR) is 57.9 cm³/mol. The molecule has 1 saturated heterocycles. The highest BCUT2D eigenvalue weighted by Crippen LogP contribution is 2.20. The standard InChI is InChI=1S/C10H14BrNO2/c1-8-6-12(9(13)4-5-11)7-10(2,3)14-8/h8H,6-7H2,1-3H3. The third kappa shape index (κ3) is 3.00. The first-order chi connectivity index (χ1) is 6.44. The molecule has 4 heteroatoms. The summed E-state index contributed by atoms with van der Waals surface area (Å²) < 4.78 is 5.68. The Balaban J connectivity index is 2.70. The first kappa shape index (κ1) is 11.5. The fourth-order valence-corrected chi connectivity index (χ4v) is 1.90. The summed E-state index contributed by atoms with van der Waals surface area (Å²) in [5, 5.41) is 0. The van der Waals surface area contributed by atoms with Crippen molar-refractivity contribution in [1.82, 2.24) is 4.90 Å². The van der Waals surface area contributed by atoms with Gasteiger partial charge in [-0.25, -0.2) is 0 Å². The lowest BCUT2D eigenvalue weighted by Gasteiger charge is -2.40. The molecule has 0 saturated carbocycles. The largest absolute Gasteiger partial charge is 0.369 e. The Bertz CT molecular complexity index is 290. The molecule has 1 aliphatic rings. The van der Waals surface area contributed by atoms with Crippen molar-refractivity contribution in [3.05, 3.63) is 0 Å². The molecule has 0 N–H and O–H groups in total. The van der Waals surface area contributed by atoms with Gasteiger partial charge in [0.05, 0.1) is 18.2 Å². The minimum Gasteiger partial charge on any atom is -0.369 e. The van der Waals surface area contributed by atoms with E-state index in [4.69, 9.17) is 4.74 Å². The molecule has 1 amide bonds. The van der Waals surface area contributed by atoms with Crippen LogP contribution in [0.15, 0.2) is 0 Å². The smallest absolute Gasteiger partial charge is 0.299 e. The van der Waals surface area contributed by atoms with Crippen LogP contribution in [-0.2, 0) is 9.53 Å². The quantitative estimate of drug-likeness (QED) is 0.616. The van der Waals surface area contributed by atoms with Gasteiger partial charge in [-0.15, -0.1) is 0 Å². The number of hydrogen-bond donors (Lipinski definition) is 0. The Morgan fingerprint density at radius 1 is 1.64 bits per heavy atom. The van der Waals surface area contributed by atoms with Gasteiger partial charge in [0, 0.05) is 28.4 Å². The number of halogens is 1. The molecular weight excluding hydrogens is 246 g/mol. The lowest BCUT2D eigenvalue weighted by Crippen LogP contribution is -2.53. The van der Waals surface area contributed by atoms with Gasteiger partial charge in [-0.2, -0.15) is 0 Å². The number of hydrogen-bond acceptors (Lipinski definition) is 2. The van der Waals surface area contributed by atoms with E-state index in [-0.39, 0.29) is 17.6 Å². The van der Waals surface area contributed by atoms with Gasteiger partial charge in [0.15, 0.2) is 0 Å². The van der Waals surface area contributed by atoms with Crippen molar-refractivity contribution in [3.63, 3.8) is 0 Å². The minimum atomic E-state index is -0.276. The molecule has 14 heavy (non-hydrogen) atoms. The maximum absolute atomic E-state index is 11.5. The molecule has 1 heterocycles. The lowest BCUT2D eigenvalue weighted by molar-refractivity contribution is -0.153. The SMILES string of the molecule is CC1CN(C(=O)C#CBr)CC(C)(C)O1. The van der Waals surface area contributed by atoms with E-state index >= 15 is 0 Å². The average molecular weight is 260 g/mol. The Morgan fingerprint density at radius 2 is 2.29 bits per heavy atom. The average Bonchev–Trinajstić information content (AvgIpc) is 2.00. The second-order valence-corrected chi connectivity index (χ2v) is 4.49. The molecule has 1 rings (SSSR count). The normalized spacial score (nSPS) is 25.1. The van der Waals surface area contributed by atoms with Crippen molar-refractivity contribution in [2.45, 2.75) is 32.5 Å². The van der Waals surface area contributed by atoms with Crippen LogP contribution in [0.4, 0.5) is 0 Å². The summed E-state index contributed by atoms with van der Waals surface area (Å²) >= 11 is 2.92. The van der Waals surface area contributed by atoms with E-state index < -0.39 is 0 Å². The van der Waals surface area contributed by atoms with Crippen LogP contribution in [0.25, 0.3) is 0 Å². The molecule has 78 valence electrons. The third-order valence-corrected chi connectivity index (χ3v) is 2.21. The zero-order valence-electron chi connectivity index (χ0n) is 8.63. The monoisotopic (exact) mass is 259 g/mol. The number of carbonyl (C=O) groups is 1. The van der Waals surface area contributed by atoms with Gasteiger partial charge >= 0.3 is 0 Å². The highest BCUT2D eigenvalue weighted by molar-refractivity contribution is 9.12. The molecule has 0 aromatic heterocycles. The van der Waals surface area contributed by atoms with Gasteiger partial charge < -0.3 is 9.64 Å². The van der Waals surface area contributed by atoms with Crippen LogP contribution in [0.2, 0.25) is 0 Å². The van der Waals surface area contributed by atoms with Gasteiger partial charge in [-0.1, -0.05) is 0 Å². The van der Waals surface area contributed by atoms with Crippen molar-refractivity contribution in [3.8, 4) is 10.8 Å². The highest BCUT2D eigenvalue weighted by atomic mass is 79.9. The van der Waals surface area contributed by atoms with Gasteiger partial charge in [-0.05, 0) is 25.6 Å². The van der Waals surface area contributed by atoms with E-state index in [0.717, 1.165) is 0 Å². The van der Waals surface area contributed by atoms with E-state index in [9.17, 15) is 4.79 Å². The molecule has 0 aromatic carbocycles. The number of morpholine rings is 1. The zero-order valence-corrected chi connectivity index (χ0v) is 10.2. The number of carbonyl (C=O) groups excluding carboxylic acids is 1. The summed E-state index contributed by atoms with van der Waals surface area (Å²) in [7, 11) is 0. The van der Waals surface area contributed by atoms with E-state index in [2.05, 4.69) is 26.7 Å². The molecule has 1 fully saturated rings. The van der Waals surface area contributed by atoms with Gasteiger partial charge in [0.25, 0.3) is 5.91 Å². The number of amides is 1. The Kier molecular flexibility index (Phi) is 3.57. The number of nitrogens with zero attached hydrogens (tertiary/aromatic N) is 1. The summed E-state index contributed by atoms with van der Waals surface area (Å²) in [5.41, 5.74) is -0.276. The summed E-state index contributed by atoms with van der Waals surface area (Å²) in [6, 6.07) is 0. The molecule has 0 bridgehead atoms. The Morgan fingerprint density at radius 3 is 2.79 bits per heavy atom. The van der Waals surface area contributed by atoms with Gasteiger partial charge in [0.1, 0.15) is 0 Å². The molecule has 0 spiro atoms. The Hall–Kier alpha value is -0.530. The van der Waals surface area contributed by atoms with Crippen LogP contribution in [0.1, 0.15) is 20.8 Å². The molecule has 3 nitrogen and oxygen atoms in total. The van der Waals surface area contributed by atoms with Crippen LogP contribution in [0.5, 0.6) is 0 Å². The number of ether oxygens (including phenoxy) is 1. The summed E-state index contributed by atoms with van der Waals surface area (Å²) in [6.45, 7) is 7.12. The van der Waals surface area contributed by atoms with Crippen LogP contribution in [-0.4, -0.2) is 35.6 Å². The van der Waals surface area contributed by atoms with Crippen molar-refractivity contribution in [1.29, 1.82) is 0 Å². The summed E-state index contributed by atoms with van der Waals surface area (Å²) in [4.78, 5) is 15.7. The van der Waals surface area contributed by atoms with Crippen LogP contribution in [0.3, 0.4) is 0 Å². The minimum absolute atomic E-state index is 0.0693. The second kappa shape index (κ2) is 4.33. The lowest BCUT2D eigenvalue weighted by atomic mass is 10.1. The first-order valence-electron chi connectivity index (χ1n) is 4.53.